The molecule has 0 aliphatic rings. The zero-order valence-corrected chi connectivity index (χ0v) is 10.7. The third-order valence-electron chi connectivity index (χ3n) is 2.46. The van der Waals surface area contributed by atoms with Crippen LogP contribution in [-0.2, 0) is 4.79 Å². The Hall–Kier alpha value is -1.65. The van der Waals surface area contributed by atoms with Crippen LogP contribution in [0.2, 0.25) is 0 Å². The van der Waals surface area contributed by atoms with Gasteiger partial charge in [0.15, 0.2) is 0 Å². The van der Waals surface area contributed by atoms with E-state index < -0.39 is 0 Å². The molecule has 5 heteroatoms. The van der Waals surface area contributed by atoms with Crippen LogP contribution in [-0.4, -0.2) is 29.2 Å². The van der Waals surface area contributed by atoms with Gasteiger partial charge in [-0.3, -0.25) is 4.79 Å². The number of nitrogens with one attached hydrogen (secondary N) is 2. The molecule has 0 atom stereocenters. The fraction of sp³-hybridized carbons (Fsp3) is 0.583. The van der Waals surface area contributed by atoms with Gasteiger partial charge >= 0.3 is 0 Å². The molecule has 0 spiro atoms. The lowest BCUT2D eigenvalue weighted by molar-refractivity contribution is -0.120. The van der Waals surface area contributed by atoms with Crippen LogP contribution in [0.5, 0.6) is 0 Å². The van der Waals surface area contributed by atoms with Crippen molar-refractivity contribution in [3.05, 3.63) is 17.3 Å². The van der Waals surface area contributed by atoms with E-state index in [1.165, 1.54) is 0 Å². The lowest BCUT2D eigenvalue weighted by Gasteiger charge is -2.07. The Morgan fingerprint density at radius 2 is 2.06 bits per heavy atom. The third kappa shape index (κ3) is 4.80. The molecule has 0 aromatic carbocycles. The van der Waals surface area contributed by atoms with Crippen LogP contribution < -0.4 is 10.6 Å². The molecule has 0 aliphatic carbocycles. The van der Waals surface area contributed by atoms with Gasteiger partial charge in [0, 0.05) is 19.5 Å². The maximum Gasteiger partial charge on any atom is 0.221 e. The topological polar surface area (TPSA) is 66.9 Å². The smallest absolute Gasteiger partial charge is 0.221 e. The predicted molar refractivity (Wildman–Crippen MR) is 67.9 cm³/mol. The van der Waals surface area contributed by atoms with E-state index in [9.17, 15) is 4.79 Å². The summed E-state index contributed by atoms with van der Waals surface area (Å²) < 4.78 is 0. The number of aryl methyl sites for hydroxylation is 2. The number of nitrogens with zero attached hydrogens (tertiary/aromatic N) is 2. The predicted octanol–water partition coefficient (Wildman–Crippen LogP) is 1.42. The Morgan fingerprint density at radius 1 is 1.29 bits per heavy atom. The first-order chi connectivity index (χ1) is 8.13. The maximum absolute atomic E-state index is 11.3. The summed E-state index contributed by atoms with van der Waals surface area (Å²) >= 11 is 0. The Kier molecular flexibility index (Phi) is 5.39. The summed E-state index contributed by atoms with van der Waals surface area (Å²) in [5.74, 6) is 0.785. The van der Waals surface area contributed by atoms with Gasteiger partial charge in [0.1, 0.15) is 5.82 Å². The average Bonchev–Trinajstić information content (AvgIpc) is 2.31. The zero-order chi connectivity index (χ0) is 12.7. The van der Waals surface area contributed by atoms with E-state index in [1.54, 1.807) is 0 Å². The summed E-state index contributed by atoms with van der Waals surface area (Å²) in [7, 11) is 0. The van der Waals surface area contributed by atoms with Crippen LogP contribution in [0.3, 0.4) is 0 Å². The monoisotopic (exact) mass is 236 g/mol. The summed E-state index contributed by atoms with van der Waals surface area (Å²) in [6, 6.07) is 1.94. The van der Waals surface area contributed by atoms with Crippen molar-refractivity contribution < 1.29 is 4.79 Å². The van der Waals surface area contributed by atoms with Gasteiger partial charge in [-0.2, -0.15) is 5.10 Å². The second kappa shape index (κ2) is 6.83. The molecule has 0 saturated heterocycles. The second-order valence-corrected chi connectivity index (χ2v) is 4.02. The minimum absolute atomic E-state index is 0.0659. The Balaban J connectivity index is 2.30. The number of anilines is 1. The number of amides is 1. The molecule has 0 aliphatic heterocycles. The number of hydrogen-bond donors (Lipinski definition) is 2. The number of aromatic nitrogens is 2. The Labute approximate surface area is 102 Å². The lowest BCUT2D eigenvalue weighted by Crippen LogP contribution is -2.26. The number of rotatable bonds is 6. The molecule has 0 saturated carbocycles. The quantitative estimate of drug-likeness (QED) is 0.784. The highest BCUT2D eigenvalue weighted by molar-refractivity contribution is 5.76. The van der Waals surface area contributed by atoms with Gasteiger partial charge in [-0.15, -0.1) is 5.10 Å². The second-order valence-electron chi connectivity index (χ2n) is 4.02. The highest BCUT2D eigenvalue weighted by Gasteiger charge is 2.01. The number of carbonyl (C=O) groups excluding carboxylic acids is 1. The van der Waals surface area contributed by atoms with E-state index >= 15 is 0 Å². The van der Waals surface area contributed by atoms with E-state index in [0.29, 0.717) is 13.0 Å². The Morgan fingerprint density at radius 3 is 2.71 bits per heavy atom. The molecular formula is C12H20N4O. The van der Waals surface area contributed by atoms with Crippen molar-refractivity contribution >= 4 is 11.7 Å². The summed E-state index contributed by atoms with van der Waals surface area (Å²) in [6.45, 7) is 7.26. The van der Waals surface area contributed by atoms with Crippen LogP contribution >= 0.6 is 0 Å². The van der Waals surface area contributed by atoms with Crippen LogP contribution in [0.4, 0.5) is 5.82 Å². The molecule has 5 nitrogen and oxygen atoms in total. The van der Waals surface area contributed by atoms with Crippen LogP contribution in [0.15, 0.2) is 6.07 Å². The van der Waals surface area contributed by atoms with Crippen molar-refractivity contribution in [3.8, 4) is 0 Å². The van der Waals surface area contributed by atoms with Crippen molar-refractivity contribution in [2.75, 3.05) is 18.4 Å². The molecule has 94 valence electrons. The van der Waals surface area contributed by atoms with Gasteiger partial charge in [0.25, 0.3) is 0 Å². The van der Waals surface area contributed by atoms with Crippen molar-refractivity contribution in [2.24, 2.45) is 0 Å². The summed E-state index contributed by atoms with van der Waals surface area (Å²) in [6.07, 6.45) is 1.41. The highest BCUT2D eigenvalue weighted by Crippen LogP contribution is 2.07. The molecule has 17 heavy (non-hydrogen) atoms. The fourth-order valence-electron chi connectivity index (χ4n) is 1.29. The standard InChI is InChI=1S/C12H20N4O/c1-4-6-14-12(17)5-7-13-11-8-9(2)10(3)15-16-11/h8H,4-7H2,1-3H3,(H,13,16)(H,14,17). The SMILES string of the molecule is CCCNC(=O)CCNc1cc(C)c(C)nn1. The minimum atomic E-state index is 0.0659. The van der Waals surface area contributed by atoms with Crippen LogP contribution in [0.25, 0.3) is 0 Å². The lowest BCUT2D eigenvalue weighted by atomic mass is 10.2. The van der Waals surface area contributed by atoms with E-state index in [0.717, 1.165) is 30.0 Å². The molecule has 1 amide bonds. The van der Waals surface area contributed by atoms with Gasteiger partial charge in [0.2, 0.25) is 5.91 Å². The van der Waals surface area contributed by atoms with Crippen LogP contribution in [0, 0.1) is 13.8 Å². The van der Waals surface area contributed by atoms with Crippen molar-refractivity contribution in [1.82, 2.24) is 15.5 Å². The van der Waals surface area contributed by atoms with Gasteiger partial charge in [-0.1, -0.05) is 6.92 Å². The molecule has 0 unspecified atom stereocenters. The molecule has 1 rings (SSSR count). The van der Waals surface area contributed by atoms with E-state index in [2.05, 4.69) is 20.8 Å². The molecule has 0 bridgehead atoms. The highest BCUT2D eigenvalue weighted by atomic mass is 16.1. The third-order valence-corrected chi connectivity index (χ3v) is 2.46. The summed E-state index contributed by atoms with van der Waals surface area (Å²) in [4.78, 5) is 11.3. The number of carbonyl (C=O) groups is 1. The molecular weight excluding hydrogens is 216 g/mol. The van der Waals surface area contributed by atoms with Crippen LogP contribution in [0.1, 0.15) is 31.0 Å². The van der Waals surface area contributed by atoms with Gasteiger partial charge in [-0.05, 0) is 31.9 Å². The van der Waals surface area contributed by atoms with Gasteiger partial charge in [0.05, 0.1) is 5.69 Å². The van der Waals surface area contributed by atoms with E-state index in [4.69, 9.17) is 0 Å². The molecule has 2 N–H and O–H groups in total. The summed E-state index contributed by atoms with van der Waals surface area (Å²) in [5.41, 5.74) is 2.02. The molecule has 1 aromatic heterocycles. The average molecular weight is 236 g/mol. The summed E-state index contributed by atoms with van der Waals surface area (Å²) in [5, 5.41) is 13.9. The molecule has 1 heterocycles. The first-order valence-electron chi connectivity index (χ1n) is 5.95. The van der Waals surface area contributed by atoms with E-state index in [1.807, 2.05) is 26.8 Å². The van der Waals surface area contributed by atoms with Gasteiger partial charge < -0.3 is 10.6 Å². The normalized spacial score (nSPS) is 10.1. The first-order valence-corrected chi connectivity index (χ1v) is 5.95. The first kappa shape index (κ1) is 13.4. The number of hydrogen-bond acceptors (Lipinski definition) is 4. The Bertz CT molecular complexity index is 379. The zero-order valence-electron chi connectivity index (χ0n) is 10.7. The van der Waals surface area contributed by atoms with E-state index in [-0.39, 0.29) is 5.91 Å². The largest absolute Gasteiger partial charge is 0.368 e. The fourth-order valence-corrected chi connectivity index (χ4v) is 1.29. The molecule has 1 aromatic rings. The molecule has 0 fully saturated rings. The molecule has 0 radical (unpaired) electrons. The van der Waals surface area contributed by atoms with Gasteiger partial charge in [-0.25, -0.2) is 0 Å². The minimum Gasteiger partial charge on any atom is -0.368 e. The maximum atomic E-state index is 11.3. The van der Waals surface area contributed by atoms with Crippen molar-refractivity contribution in [2.45, 2.75) is 33.6 Å². The van der Waals surface area contributed by atoms with Crippen molar-refractivity contribution in [1.29, 1.82) is 0 Å². The van der Waals surface area contributed by atoms with Crippen molar-refractivity contribution in [3.63, 3.8) is 0 Å².